The molecule has 90 valence electrons. The van der Waals surface area contributed by atoms with Crippen molar-refractivity contribution in [2.24, 2.45) is 0 Å². The van der Waals surface area contributed by atoms with E-state index in [1.165, 1.54) is 17.4 Å². The summed E-state index contributed by atoms with van der Waals surface area (Å²) >= 11 is 1.42. The van der Waals surface area contributed by atoms with Gasteiger partial charge in [0.25, 0.3) is 5.89 Å². The number of aromatic hydroxyl groups is 2. The molecule has 0 saturated carbocycles. The van der Waals surface area contributed by atoms with Crippen LogP contribution in [0.3, 0.4) is 0 Å². The molecule has 3 aromatic rings. The molecule has 0 spiro atoms. The zero-order chi connectivity index (χ0) is 12.5. The molecule has 0 radical (unpaired) electrons. The van der Waals surface area contributed by atoms with Crippen molar-refractivity contribution in [2.45, 2.75) is 0 Å². The molecule has 2 heterocycles. The first-order valence-electron chi connectivity index (χ1n) is 4.99. The van der Waals surface area contributed by atoms with Gasteiger partial charge in [0, 0.05) is 5.38 Å². The largest absolute Gasteiger partial charge is 0.504 e. The Hall–Kier alpha value is -2.41. The fourth-order valence-corrected chi connectivity index (χ4v) is 1.99. The van der Waals surface area contributed by atoms with Crippen molar-refractivity contribution in [1.29, 1.82) is 0 Å². The Bertz CT molecular complexity index is 679. The highest BCUT2D eigenvalue weighted by Gasteiger charge is 2.16. The molecule has 0 atom stereocenters. The molecule has 1 aromatic carbocycles. The molecule has 7 heteroatoms. The summed E-state index contributed by atoms with van der Waals surface area (Å²) in [6, 6.07) is 4.53. The maximum absolute atomic E-state index is 9.70. The summed E-state index contributed by atoms with van der Waals surface area (Å²) in [7, 11) is 0. The fourth-order valence-electron chi connectivity index (χ4n) is 1.46. The van der Waals surface area contributed by atoms with Crippen LogP contribution in [0.2, 0.25) is 0 Å². The van der Waals surface area contributed by atoms with E-state index in [1.54, 1.807) is 23.0 Å². The van der Waals surface area contributed by atoms with Crippen LogP contribution in [0.15, 0.2) is 33.6 Å². The predicted molar refractivity (Wildman–Crippen MR) is 64.2 cm³/mol. The molecule has 0 unspecified atom stereocenters. The number of aromatic nitrogens is 3. The molecule has 0 aliphatic carbocycles. The Morgan fingerprint density at radius 2 is 2.11 bits per heavy atom. The minimum atomic E-state index is -0.286. The molecule has 3 rings (SSSR count). The van der Waals surface area contributed by atoms with E-state index in [-0.39, 0.29) is 23.0 Å². The first-order chi connectivity index (χ1) is 8.75. The van der Waals surface area contributed by atoms with Crippen LogP contribution in [0.4, 0.5) is 0 Å². The number of para-hydroxylation sites is 1. The Labute approximate surface area is 105 Å². The van der Waals surface area contributed by atoms with Crippen molar-refractivity contribution in [3.8, 4) is 34.5 Å². The highest BCUT2D eigenvalue weighted by Crippen LogP contribution is 2.35. The molecule has 0 aliphatic rings. The molecule has 0 bridgehead atoms. The lowest BCUT2D eigenvalue weighted by Gasteiger charge is -2.00. The van der Waals surface area contributed by atoms with Crippen molar-refractivity contribution in [2.75, 3.05) is 0 Å². The van der Waals surface area contributed by atoms with Gasteiger partial charge in [-0.2, -0.15) is 4.98 Å². The number of nitrogens with zero attached hydrogens (tertiary/aromatic N) is 3. The fraction of sp³-hybridized carbons (Fsp3) is 0. The second-order valence-electron chi connectivity index (χ2n) is 3.47. The van der Waals surface area contributed by atoms with Crippen molar-refractivity contribution in [3.05, 3.63) is 29.1 Å². The normalized spacial score (nSPS) is 10.7. The zero-order valence-corrected chi connectivity index (χ0v) is 9.76. The van der Waals surface area contributed by atoms with E-state index in [9.17, 15) is 10.2 Å². The summed E-state index contributed by atoms with van der Waals surface area (Å²) in [5.41, 5.74) is 2.55. The third-order valence-electron chi connectivity index (χ3n) is 2.33. The van der Waals surface area contributed by atoms with E-state index in [2.05, 4.69) is 15.1 Å². The van der Waals surface area contributed by atoms with Crippen LogP contribution < -0.4 is 0 Å². The van der Waals surface area contributed by atoms with E-state index in [4.69, 9.17) is 4.52 Å². The van der Waals surface area contributed by atoms with Crippen molar-refractivity contribution in [1.82, 2.24) is 15.1 Å². The summed E-state index contributed by atoms with van der Waals surface area (Å²) < 4.78 is 5.04. The lowest BCUT2D eigenvalue weighted by atomic mass is 10.2. The van der Waals surface area contributed by atoms with E-state index in [0.717, 1.165) is 0 Å². The average molecular weight is 261 g/mol. The highest BCUT2D eigenvalue weighted by molar-refractivity contribution is 7.07. The van der Waals surface area contributed by atoms with Gasteiger partial charge in [0.2, 0.25) is 5.82 Å². The standard InChI is InChI=1S/C11H7N3O3S/c15-8-3-1-2-6(9(8)16)11-13-10(14-17-11)7-4-18-5-12-7/h1-5,15-16H. The minimum Gasteiger partial charge on any atom is -0.504 e. The molecule has 0 fully saturated rings. The Kier molecular flexibility index (Phi) is 2.45. The third-order valence-corrected chi connectivity index (χ3v) is 2.92. The summed E-state index contributed by atoms with van der Waals surface area (Å²) in [6.45, 7) is 0. The van der Waals surface area contributed by atoms with Crippen LogP contribution in [-0.4, -0.2) is 25.3 Å². The van der Waals surface area contributed by atoms with Gasteiger partial charge in [-0.15, -0.1) is 11.3 Å². The Balaban J connectivity index is 2.06. The quantitative estimate of drug-likeness (QED) is 0.687. The third kappa shape index (κ3) is 1.70. The van der Waals surface area contributed by atoms with Crippen LogP contribution in [0, 0.1) is 0 Å². The maximum Gasteiger partial charge on any atom is 0.262 e. The van der Waals surface area contributed by atoms with Gasteiger partial charge >= 0.3 is 0 Å². The van der Waals surface area contributed by atoms with Gasteiger partial charge < -0.3 is 14.7 Å². The number of hydrogen-bond donors (Lipinski definition) is 2. The summed E-state index contributed by atoms with van der Waals surface area (Å²) in [4.78, 5) is 8.18. The maximum atomic E-state index is 9.70. The molecular formula is C11H7N3O3S. The van der Waals surface area contributed by atoms with Gasteiger partial charge in [0.1, 0.15) is 5.69 Å². The van der Waals surface area contributed by atoms with E-state index >= 15 is 0 Å². The highest BCUT2D eigenvalue weighted by atomic mass is 32.1. The summed E-state index contributed by atoms with van der Waals surface area (Å²) in [6.07, 6.45) is 0. The average Bonchev–Trinajstić information content (AvgIpc) is 3.01. The number of phenolic OH excluding ortho intramolecular Hbond substituents is 2. The van der Waals surface area contributed by atoms with Crippen molar-refractivity contribution >= 4 is 11.3 Å². The first-order valence-corrected chi connectivity index (χ1v) is 5.93. The first kappa shape index (κ1) is 10.7. The van der Waals surface area contributed by atoms with Gasteiger partial charge in [-0.3, -0.25) is 0 Å². The number of phenols is 2. The van der Waals surface area contributed by atoms with E-state index in [0.29, 0.717) is 11.5 Å². The van der Waals surface area contributed by atoms with Crippen LogP contribution >= 0.6 is 11.3 Å². The van der Waals surface area contributed by atoms with Crippen LogP contribution in [-0.2, 0) is 0 Å². The number of rotatable bonds is 2. The second-order valence-corrected chi connectivity index (χ2v) is 4.19. The van der Waals surface area contributed by atoms with Gasteiger partial charge in [-0.25, -0.2) is 4.98 Å². The molecule has 0 amide bonds. The van der Waals surface area contributed by atoms with E-state index < -0.39 is 0 Å². The lowest BCUT2D eigenvalue weighted by Crippen LogP contribution is -1.81. The Morgan fingerprint density at radius 1 is 1.22 bits per heavy atom. The zero-order valence-electron chi connectivity index (χ0n) is 8.94. The van der Waals surface area contributed by atoms with Gasteiger partial charge in [0.05, 0.1) is 11.1 Å². The number of hydrogen-bond acceptors (Lipinski definition) is 7. The molecule has 0 saturated heterocycles. The topological polar surface area (TPSA) is 92.3 Å². The van der Waals surface area contributed by atoms with E-state index in [1.807, 2.05) is 0 Å². The number of benzene rings is 1. The van der Waals surface area contributed by atoms with Crippen molar-refractivity contribution in [3.63, 3.8) is 0 Å². The second kappa shape index (κ2) is 4.11. The lowest BCUT2D eigenvalue weighted by molar-refractivity contribution is 0.397. The molecule has 6 nitrogen and oxygen atoms in total. The van der Waals surface area contributed by atoms with Crippen LogP contribution in [0.5, 0.6) is 11.5 Å². The molecule has 18 heavy (non-hydrogen) atoms. The van der Waals surface area contributed by atoms with Crippen molar-refractivity contribution < 1.29 is 14.7 Å². The molecular weight excluding hydrogens is 254 g/mol. The monoisotopic (exact) mass is 261 g/mol. The van der Waals surface area contributed by atoms with Gasteiger partial charge in [-0.1, -0.05) is 11.2 Å². The molecule has 2 N–H and O–H groups in total. The predicted octanol–water partition coefficient (Wildman–Crippen LogP) is 2.27. The number of thiazole rings is 1. The molecule has 0 aliphatic heterocycles. The SMILES string of the molecule is Oc1cccc(-c2nc(-c3cscn3)no2)c1O. The molecule has 2 aromatic heterocycles. The summed E-state index contributed by atoms with van der Waals surface area (Å²) in [5.74, 6) is -0.0488. The van der Waals surface area contributed by atoms with Gasteiger partial charge in [-0.05, 0) is 12.1 Å². The smallest absolute Gasteiger partial charge is 0.262 e. The van der Waals surface area contributed by atoms with Crippen LogP contribution in [0.25, 0.3) is 23.0 Å². The minimum absolute atomic E-state index is 0.131. The van der Waals surface area contributed by atoms with Crippen LogP contribution in [0.1, 0.15) is 0 Å². The summed E-state index contributed by atoms with van der Waals surface area (Å²) in [5, 5.41) is 24.7. The van der Waals surface area contributed by atoms with Gasteiger partial charge in [0.15, 0.2) is 11.5 Å². The Morgan fingerprint density at radius 3 is 2.89 bits per heavy atom.